The molecule has 96 valence electrons. The Balaban J connectivity index is 4.49. The summed E-state index contributed by atoms with van der Waals surface area (Å²) in [6.45, 7) is 10.3. The van der Waals surface area contributed by atoms with Crippen molar-refractivity contribution in [1.82, 2.24) is 4.90 Å². The molecule has 0 radical (unpaired) electrons. The number of aldehydes is 1. The second kappa shape index (κ2) is 6.83. The van der Waals surface area contributed by atoms with Gasteiger partial charge >= 0.3 is 5.97 Å². The first-order valence-corrected chi connectivity index (χ1v) is 5.41. The van der Waals surface area contributed by atoms with Crippen LogP contribution >= 0.6 is 0 Å². The number of hydrogen-bond acceptors (Lipinski definition) is 4. The van der Waals surface area contributed by atoms with Gasteiger partial charge in [0, 0.05) is 11.6 Å². The molecule has 0 aromatic carbocycles. The Bertz CT molecular complexity index is 322. The van der Waals surface area contributed by atoms with E-state index in [1.165, 1.54) is 4.90 Å². The molecule has 5 heteroatoms. The molecule has 1 unspecified atom stereocenters. The molecule has 1 atom stereocenters. The minimum absolute atomic E-state index is 0.0451. The number of nitrogens with zero attached hydrogens (tertiary/aromatic N) is 1. The van der Waals surface area contributed by atoms with Crippen molar-refractivity contribution in [3.63, 3.8) is 0 Å². The first-order chi connectivity index (χ1) is 7.81. The monoisotopic (exact) mass is 241 g/mol. The van der Waals surface area contributed by atoms with E-state index in [2.05, 4.69) is 6.58 Å². The highest BCUT2D eigenvalue weighted by molar-refractivity contribution is 6.23. The zero-order chi connectivity index (χ0) is 13.6. The average Bonchev–Trinajstić information content (AvgIpc) is 2.24. The van der Waals surface area contributed by atoms with Crippen LogP contribution in [0.5, 0.6) is 0 Å². The van der Waals surface area contributed by atoms with Gasteiger partial charge in [0.05, 0.1) is 6.04 Å². The lowest BCUT2D eigenvalue weighted by atomic mass is 10.2. The zero-order valence-corrected chi connectivity index (χ0v) is 10.7. The highest BCUT2D eigenvalue weighted by atomic mass is 16.5. The van der Waals surface area contributed by atoms with Crippen LogP contribution in [0.15, 0.2) is 12.2 Å². The fourth-order valence-electron chi connectivity index (χ4n) is 1.44. The summed E-state index contributed by atoms with van der Waals surface area (Å²) in [4.78, 5) is 34.4. The lowest BCUT2D eigenvalue weighted by Gasteiger charge is -2.30. The molecule has 5 nitrogen and oxygen atoms in total. The third-order valence-corrected chi connectivity index (χ3v) is 2.19. The summed E-state index contributed by atoms with van der Waals surface area (Å²) in [7, 11) is 0. The number of esters is 1. The van der Waals surface area contributed by atoms with Crippen molar-refractivity contribution in [3.05, 3.63) is 12.2 Å². The number of carbonyl (C=O) groups excluding carboxylic acids is 3. The van der Waals surface area contributed by atoms with E-state index >= 15 is 0 Å². The Labute approximate surface area is 101 Å². The van der Waals surface area contributed by atoms with Crippen molar-refractivity contribution in [2.45, 2.75) is 39.8 Å². The number of amides is 1. The van der Waals surface area contributed by atoms with E-state index in [0.29, 0.717) is 5.57 Å². The molecule has 0 aliphatic rings. The molecule has 17 heavy (non-hydrogen) atoms. The van der Waals surface area contributed by atoms with Gasteiger partial charge < -0.3 is 9.64 Å². The quantitative estimate of drug-likeness (QED) is 0.300. The first kappa shape index (κ1) is 15.3. The molecule has 0 spiro atoms. The van der Waals surface area contributed by atoms with E-state index in [4.69, 9.17) is 4.74 Å². The predicted molar refractivity (Wildman–Crippen MR) is 63.3 cm³/mol. The van der Waals surface area contributed by atoms with Crippen molar-refractivity contribution in [2.24, 2.45) is 0 Å². The minimum Gasteiger partial charge on any atom is -0.460 e. The van der Waals surface area contributed by atoms with E-state index in [1.807, 2.05) is 0 Å². The van der Waals surface area contributed by atoms with Gasteiger partial charge in [-0.3, -0.25) is 9.59 Å². The second-order valence-electron chi connectivity index (χ2n) is 4.18. The normalized spacial score (nSPS) is 11.8. The van der Waals surface area contributed by atoms with Crippen LogP contribution in [0, 0.1) is 0 Å². The van der Waals surface area contributed by atoms with Crippen molar-refractivity contribution < 1.29 is 19.1 Å². The Morgan fingerprint density at radius 1 is 1.35 bits per heavy atom. The van der Waals surface area contributed by atoms with Crippen LogP contribution in [0.2, 0.25) is 0 Å². The molecule has 1 amide bonds. The summed E-state index contributed by atoms with van der Waals surface area (Å²) >= 11 is 0. The third kappa shape index (κ3) is 4.80. The molecule has 0 aromatic rings. The number of rotatable bonds is 6. The lowest BCUT2D eigenvalue weighted by Crippen LogP contribution is -2.46. The summed E-state index contributed by atoms with van der Waals surface area (Å²) < 4.78 is 4.94. The lowest BCUT2D eigenvalue weighted by molar-refractivity contribution is -0.147. The van der Waals surface area contributed by atoms with Crippen LogP contribution in [0.25, 0.3) is 0 Å². The van der Waals surface area contributed by atoms with Gasteiger partial charge in [-0.2, -0.15) is 0 Å². The first-order valence-electron chi connectivity index (χ1n) is 5.41. The van der Waals surface area contributed by atoms with Gasteiger partial charge in [-0.1, -0.05) is 6.58 Å². The van der Waals surface area contributed by atoms with Gasteiger partial charge in [0.1, 0.15) is 6.61 Å². The number of ether oxygens (including phenoxy) is 1. The van der Waals surface area contributed by atoms with Crippen LogP contribution in [0.1, 0.15) is 27.7 Å². The average molecular weight is 241 g/mol. The maximum atomic E-state index is 11.4. The van der Waals surface area contributed by atoms with E-state index in [1.54, 1.807) is 27.7 Å². The molecule has 0 rings (SSSR count). The summed E-state index contributed by atoms with van der Waals surface area (Å²) in [6, 6.07) is -0.484. The number of hydrogen-bond donors (Lipinski definition) is 0. The minimum atomic E-state index is -0.612. The Hall–Kier alpha value is -1.65. The smallest absolute Gasteiger partial charge is 0.333 e. The zero-order valence-electron chi connectivity index (χ0n) is 10.7. The van der Waals surface area contributed by atoms with Gasteiger partial charge in [0.2, 0.25) is 6.29 Å². The molecule has 0 N–H and O–H groups in total. The van der Waals surface area contributed by atoms with Crippen LogP contribution in [-0.4, -0.2) is 41.8 Å². The molecule has 0 saturated heterocycles. The van der Waals surface area contributed by atoms with Gasteiger partial charge in [0.25, 0.3) is 5.91 Å². The largest absolute Gasteiger partial charge is 0.460 e. The van der Waals surface area contributed by atoms with E-state index in [9.17, 15) is 14.4 Å². The van der Waals surface area contributed by atoms with Crippen LogP contribution < -0.4 is 0 Å². The van der Waals surface area contributed by atoms with Crippen molar-refractivity contribution >= 4 is 18.2 Å². The maximum absolute atomic E-state index is 11.4. The summed E-state index contributed by atoms with van der Waals surface area (Å²) in [5.74, 6) is -1.11. The third-order valence-electron chi connectivity index (χ3n) is 2.19. The summed E-state index contributed by atoms with van der Waals surface area (Å²) in [6.07, 6.45) is 0.261. The topological polar surface area (TPSA) is 63.7 Å². The molecule has 0 bridgehead atoms. The fraction of sp³-hybridized carbons (Fsp3) is 0.583. The molecule has 0 aliphatic heterocycles. The molecule has 0 aliphatic carbocycles. The van der Waals surface area contributed by atoms with Crippen molar-refractivity contribution in [2.75, 3.05) is 6.61 Å². The van der Waals surface area contributed by atoms with Crippen molar-refractivity contribution in [3.8, 4) is 0 Å². The summed E-state index contributed by atoms with van der Waals surface area (Å²) in [5.41, 5.74) is 0.301. The molecule has 0 saturated carbocycles. The fourth-order valence-corrected chi connectivity index (χ4v) is 1.44. The van der Waals surface area contributed by atoms with E-state index in [0.717, 1.165) is 0 Å². The SMILES string of the molecule is C=C(C)C(=O)OCC(C)N(C(=O)C=O)C(C)C. The van der Waals surface area contributed by atoms with E-state index < -0.39 is 11.9 Å². The van der Waals surface area contributed by atoms with Crippen molar-refractivity contribution in [1.29, 1.82) is 0 Å². The standard InChI is InChI=1S/C12H19NO4/c1-8(2)12(16)17-7-10(5)13(9(3)4)11(15)6-14/h6,9-10H,1,7H2,2-5H3. The molecular formula is C12H19NO4. The predicted octanol–water partition coefficient (Wildman–Crippen LogP) is 0.930. The Morgan fingerprint density at radius 2 is 1.88 bits per heavy atom. The number of carbonyl (C=O) groups is 3. The van der Waals surface area contributed by atoms with Gasteiger partial charge in [-0.15, -0.1) is 0 Å². The van der Waals surface area contributed by atoms with Crippen LogP contribution in [0.4, 0.5) is 0 Å². The highest BCUT2D eigenvalue weighted by Crippen LogP contribution is 2.06. The molecule has 0 heterocycles. The van der Waals surface area contributed by atoms with Gasteiger partial charge in [-0.25, -0.2) is 4.79 Å². The molecular weight excluding hydrogens is 222 g/mol. The molecule has 0 fully saturated rings. The Kier molecular flexibility index (Phi) is 6.17. The second-order valence-corrected chi connectivity index (χ2v) is 4.18. The van der Waals surface area contributed by atoms with Crippen LogP contribution in [0.3, 0.4) is 0 Å². The van der Waals surface area contributed by atoms with Crippen LogP contribution in [-0.2, 0) is 19.1 Å². The van der Waals surface area contributed by atoms with Gasteiger partial charge in [-0.05, 0) is 27.7 Å². The maximum Gasteiger partial charge on any atom is 0.333 e. The van der Waals surface area contributed by atoms with E-state index in [-0.39, 0.29) is 25.0 Å². The van der Waals surface area contributed by atoms with Gasteiger partial charge in [0.15, 0.2) is 0 Å². The molecule has 0 aromatic heterocycles. The Morgan fingerprint density at radius 3 is 2.24 bits per heavy atom. The highest BCUT2D eigenvalue weighted by Gasteiger charge is 2.23. The summed E-state index contributed by atoms with van der Waals surface area (Å²) in [5, 5.41) is 0.